The maximum absolute atomic E-state index is 6.70. The van der Waals surface area contributed by atoms with E-state index < -0.39 is 0 Å². The lowest BCUT2D eigenvalue weighted by Gasteiger charge is -2.34. The molecule has 2 aromatic rings. The second-order valence-corrected chi connectivity index (χ2v) is 8.47. The zero-order valence-electron chi connectivity index (χ0n) is 11.8. The van der Waals surface area contributed by atoms with Gasteiger partial charge in [0.05, 0.1) is 11.2 Å². The Morgan fingerprint density at radius 3 is 2.80 bits per heavy atom. The van der Waals surface area contributed by atoms with Crippen LogP contribution in [0.5, 0.6) is 0 Å². The minimum atomic E-state index is -0.162. The molecule has 0 bridgehead atoms. The van der Waals surface area contributed by atoms with Gasteiger partial charge >= 0.3 is 0 Å². The van der Waals surface area contributed by atoms with E-state index in [9.17, 15) is 0 Å². The summed E-state index contributed by atoms with van der Waals surface area (Å²) >= 11 is 3.74. The molecular formula is C16H20N2S2. The van der Waals surface area contributed by atoms with Crippen LogP contribution in [0.2, 0.25) is 0 Å². The van der Waals surface area contributed by atoms with Crippen molar-refractivity contribution < 1.29 is 0 Å². The zero-order valence-corrected chi connectivity index (χ0v) is 13.4. The van der Waals surface area contributed by atoms with E-state index in [1.807, 2.05) is 22.7 Å². The Kier molecular flexibility index (Phi) is 3.02. The third kappa shape index (κ3) is 1.97. The number of fused-ring (bicyclic) bond motifs is 3. The maximum atomic E-state index is 6.70. The van der Waals surface area contributed by atoms with Crippen LogP contribution in [0.1, 0.15) is 47.4 Å². The van der Waals surface area contributed by atoms with E-state index in [-0.39, 0.29) is 5.54 Å². The van der Waals surface area contributed by atoms with Crippen LogP contribution in [0.15, 0.2) is 11.4 Å². The lowest BCUT2D eigenvalue weighted by Crippen LogP contribution is -2.40. The molecule has 4 rings (SSSR count). The fraction of sp³-hybridized carbons (Fsp3) is 0.562. The van der Waals surface area contributed by atoms with Crippen LogP contribution < -0.4 is 5.73 Å². The van der Waals surface area contributed by atoms with Crippen LogP contribution in [0, 0.1) is 5.92 Å². The molecular weight excluding hydrogens is 284 g/mol. The largest absolute Gasteiger partial charge is 0.319 e. The van der Waals surface area contributed by atoms with Crippen LogP contribution in [0.4, 0.5) is 0 Å². The minimum Gasteiger partial charge on any atom is -0.319 e. The molecule has 0 aliphatic heterocycles. The summed E-state index contributed by atoms with van der Waals surface area (Å²) in [5.41, 5.74) is 9.14. The number of thiophene rings is 1. The van der Waals surface area contributed by atoms with Gasteiger partial charge in [-0.3, -0.25) is 0 Å². The molecule has 1 fully saturated rings. The number of hydrogen-bond acceptors (Lipinski definition) is 4. The van der Waals surface area contributed by atoms with Gasteiger partial charge in [-0.05, 0) is 55.9 Å². The molecule has 20 heavy (non-hydrogen) atoms. The second kappa shape index (κ2) is 4.65. The van der Waals surface area contributed by atoms with E-state index >= 15 is 0 Å². The monoisotopic (exact) mass is 304 g/mol. The van der Waals surface area contributed by atoms with Crippen LogP contribution >= 0.6 is 22.7 Å². The lowest BCUT2D eigenvalue weighted by atomic mass is 9.78. The van der Waals surface area contributed by atoms with Crippen molar-refractivity contribution in [1.29, 1.82) is 0 Å². The quantitative estimate of drug-likeness (QED) is 0.851. The van der Waals surface area contributed by atoms with E-state index in [0.717, 1.165) is 25.2 Å². The predicted octanol–water partition coefficient (Wildman–Crippen LogP) is 4.33. The fourth-order valence-corrected chi connectivity index (χ4v) is 5.52. The van der Waals surface area contributed by atoms with Crippen molar-refractivity contribution >= 4 is 22.7 Å². The molecule has 0 aromatic carbocycles. The molecule has 0 atom stereocenters. The Bertz CT molecular complexity index is 633. The standard InChI is InChI=1S/C16H20N2S2/c1-10-4-7-16(17,8-5-10)15-18-14-11-6-9-19-12(11)2-3-13(14)20-15/h6,9-10H,2-5,7-8,17H2,1H3. The molecule has 2 heterocycles. The highest BCUT2D eigenvalue weighted by Gasteiger charge is 2.36. The van der Waals surface area contributed by atoms with Crippen molar-refractivity contribution in [3.63, 3.8) is 0 Å². The number of thiazole rings is 1. The number of nitrogens with zero attached hydrogens (tertiary/aromatic N) is 1. The third-order valence-corrected chi connectivity index (χ3v) is 7.19. The van der Waals surface area contributed by atoms with Crippen LogP contribution in [-0.4, -0.2) is 4.98 Å². The summed E-state index contributed by atoms with van der Waals surface area (Å²) in [6, 6.07) is 2.23. The van der Waals surface area contributed by atoms with Gasteiger partial charge in [-0.1, -0.05) is 6.92 Å². The third-order valence-electron chi connectivity index (χ3n) is 4.87. The van der Waals surface area contributed by atoms with Gasteiger partial charge in [0.25, 0.3) is 0 Å². The summed E-state index contributed by atoms with van der Waals surface area (Å²) < 4.78 is 0. The van der Waals surface area contributed by atoms with Gasteiger partial charge in [-0.2, -0.15) is 0 Å². The predicted molar refractivity (Wildman–Crippen MR) is 86.3 cm³/mol. The summed E-state index contributed by atoms with van der Waals surface area (Å²) in [4.78, 5) is 7.94. The molecule has 0 radical (unpaired) electrons. The normalized spacial score (nSPS) is 29.0. The number of rotatable bonds is 1. The first-order valence-electron chi connectivity index (χ1n) is 7.51. The molecule has 2 aliphatic carbocycles. The molecule has 2 nitrogen and oxygen atoms in total. The molecule has 0 amide bonds. The van der Waals surface area contributed by atoms with E-state index in [1.54, 1.807) is 0 Å². The Labute approximate surface area is 128 Å². The van der Waals surface area contributed by atoms with Crippen molar-refractivity contribution in [3.05, 3.63) is 26.2 Å². The second-order valence-electron chi connectivity index (χ2n) is 6.39. The highest BCUT2D eigenvalue weighted by Crippen LogP contribution is 2.44. The lowest BCUT2D eigenvalue weighted by molar-refractivity contribution is 0.247. The zero-order chi connectivity index (χ0) is 13.7. The van der Waals surface area contributed by atoms with Gasteiger partial charge in [0.2, 0.25) is 0 Å². The molecule has 0 saturated heterocycles. The van der Waals surface area contributed by atoms with Crippen molar-refractivity contribution in [1.82, 2.24) is 4.98 Å². The summed E-state index contributed by atoms with van der Waals surface area (Å²) in [6.07, 6.45) is 6.99. The SMILES string of the molecule is CC1CCC(N)(c2nc3c(s2)CCc2sccc2-3)CC1. The van der Waals surface area contributed by atoms with Gasteiger partial charge in [0, 0.05) is 15.3 Å². The Balaban J connectivity index is 1.72. The Morgan fingerprint density at radius 2 is 2.00 bits per heavy atom. The van der Waals surface area contributed by atoms with Crippen molar-refractivity contribution in [2.75, 3.05) is 0 Å². The Morgan fingerprint density at radius 1 is 1.25 bits per heavy atom. The molecule has 2 aromatic heterocycles. The van der Waals surface area contributed by atoms with Crippen molar-refractivity contribution in [2.45, 2.75) is 51.0 Å². The smallest absolute Gasteiger partial charge is 0.113 e. The van der Waals surface area contributed by atoms with Gasteiger partial charge in [-0.15, -0.1) is 22.7 Å². The van der Waals surface area contributed by atoms with Gasteiger partial charge in [0.15, 0.2) is 0 Å². The minimum absolute atomic E-state index is 0.162. The first-order chi connectivity index (χ1) is 9.66. The molecule has 2 aliphatic rings. The van der Waals surface area contributed by atoms with E-state index in [2.05, 4.69) is 18.4 Å². The average molecular weight is 304 g/mol. The van der Waals surface area contributed by atoms with Crippen LogP contribution in [0.3, 0.4) is 0 Å². The van der Waals surface area contributed by atoms with E-state index in [1.165, 1.54) is 45.3 Å². The summed E-state index contributed by atoms with van der Waals surface area (Å²) in [7, 11) is 0. The molecule has 4 heteroatoms. The maximum Gasteiger partial charge on any atom is 0.113 e. The Hall–Kier alpha value is -0.710. The topological polar surface area (TPSA) is 38.9 Å². The van der Waals surface area contributed by atoms with Gasteiger partial charge < -0.3 is 5.73 Å². The van der Waals surface area contributed by atoms with Crippen molar-refractivity contribution in [3.8, 4) is 11.3 Å². The highest BCUT2D eigenvalue weighted by molar-refractivity contribution is 7.12. The highest BCUT2D eigenvalue weighted by atomic mass is 32.1. The van der Waals surface area contributed by atoms with Gasteiger partial charge in [0.1, 0.15) is 5.01 Å². The molecule has 1 saturated carbocycles. The number of nitrogens with two attached hydrogens (primary N) is 1. The molecule has 2 N–H and O–H groups in total. The van der Waals surface area contributed by atoms with E-state index in [4.69, 9.17) is 10.7 Å². The molecule has 0 spiro atoms. The first kappa shape index (κ1) is 13.0. The fourth-order valence-electron chi connectivity index (χ4n) is 3.41. The summed E-state index contributed by atoms with van der Waals surface area (Å²) in [5, 5.41) is 3.38. The molecule has 106 valence electrons. The average Bonchev–Trinajstić information content (AvgIpc) is 3.06. The number of aromatic nitrogens is 1. The molecule has 0 unspecified atom stereocenters. The number of aryl methyl sites for hydroxylation is 2. The number of hydrogen-bond donors (Lipinski definition) is 1. The first-order valence-corrected chi connectivity index (χ1v) is 9.21. The summed E-state index contributed by atoms with van der Waals surface area (Å²) in [6.45, 7) is 2.34. The van der Waals surface area contributed by atoms with Gasteiger partial charge in [-0.25, -0.2) is 4.98 Å². The van der Waals surface area contributed by atoms with Crippen molar-refractivity contribution in [2.24, 2.45) is 11.7 Å². The van der Waals surface area contributed by atoms with Crippen LogP contribution in [-0.2, 0) is 18.4 Å². The van der Waals surface area contributed by atoms with Crippen LogP contribution in [0.25, 0.3) is 11.3 Å². The summed E-state index contributed by atoms with van der Waals surface area (Å²) in [5.74, 6) is 0.824. The van der Waals surface area contributed by atoms with E-state index in [0.29, 0.717) is 0 Å².